The second kappa shape index (κ2) is 9.85. The summed E-state index contributed by atoms with van der Waals surface area (Å²) in [6, 6.07) is 15.4. The molecule has 3 rings (SSSR count). The molecule has 1 aliphatic carbocycles. The number of nitrogens with one attached hydrogen (secondary N) is 2. The number of amides is 2. The van der Waals surface area contributed by atoms with E-state index in [1.54, 1.807) is 20.8 Å². The van der Waals surface area contributed by atoms with E-state index in [0.29, 0.717) is 6.42 Å². The van der Waals surface area contributed by atoms with Crippen molar-refractivity contribution in [2.75, 3.05) is 6.61 Å². The fourth-order valence-electron chi connectivity index (χ4n) is 4.04. The summed E-state index contributed by atoms with van der Waals surface area (Å²) in [6.07, 6.45) is -0.0399. The molecule has 170 valence electrons. The van der Waals surface area contributed by atoms with Crippen molar-refractivity contribution < 1.29 is 24.2 Å². The molecule has 1 aliphatic rings. The number of hydrogen-bond donors (Lipinski definition) is 3. The Morgan fingerprint density at radius 3 is 2.12 bits per heavy atom. The minimum absolute atomic E-state index is 0.0517. The molecule has 32 heavy (non-hydrogen) atoms. The first-order valence-corrected chi connectivity index (χ1v) is 10.9. The first-order valence-electron chi connectivity index (χ1n) is 10.9. The van der Waals surface area contributed by atoms with Gasteiger partial charge in [0.25, 0.3) is 0 Å². The molecule has 0 aromatic heterocycles. The van der Waals surface area contributed by atoms with Gasteiger partial charge >= 0.3 is 12.1 Å². The van der Waals surface area contributed by atoms with E-state index in [2.05, 4.69) is 22.8 Å². The molecule has 7 heteroatoms. The Morgan fingerprint density at radius 1 is 1.03 bits per heavy atom. The fraction of sp³-hybridized carbons (Fsp3) is 0.400. The van der Waals surface area contributed by atoms with Crippen LogP contribution in [0.15, 0.2) is 48.5 Å². The lowest BCUT2D eigenvalue weighted by Gasteiger charge is -2.28. The molecule has 0 aliphatic heterocycles. The molecule has 0 saturated carbocycles. The van der Waals surface area contributed by atoms with Gasteiger partial charge in [0, 0.05) is 17.9 Å². The minimum atomic E-state index is -0.920. The number of benzene rings is 2. The molecule has 2 aromatic carbocycles. The van der Waals surface area contributed by atoms with Gasteiger partial charge in [-0.15, -0.1) is 0 Å². The number of rotatable bonds is 9. The van der Waals surface area contributed by atoms with Crippen LogP contribution < -0.4 is 10.6 Å². The lowest BCUT2D eigenvalue weighted by molar-refractivity contribution is -0.138. The highest BCUT2D eigenvalue weighted by Crippen LogP contribution is 2.44. The van der Waals surface area contributed by atoms with E-state index in [0.717, 1.165) is 22.3 Å². The lowest BCUT2D eigenvalue weighted by atomic mass is 9.97. The van der Waals surface area contributed by atoms with E-state index in [-0.39, 0.29) is 31.3 Å². The van der Waals surface area contributed by atoms with Crippen LogP contribution in [0.4, 0.5) is 4.79 Å². The molecule has 0 bridgehead atoms. The van der Waals surface area contributed by atoms with Crippen molar-refractivity contribution in [2.24, 2.45) is 0 Å². The van der Waals surface area contributed by atoms with Gasteiger partial charge in [0.1, 0.15) is 12.6 Å². The molecule has 0 unspecified atom stereocenters. The normalized spacial score (nSPS) is 13.6. The van der Waals surface area contributed by atoms with Gasteiger partial charge in [-0.2, -0.15) is 0 Å². The highest BCUT2D eigenvalue weighted by atomic mass is 16.5. The Hall–Kier alpha value is -3.35. The number of carboxylic acids is 1. The van der Waals surface area contributed by atoms with Crippen LogP contribution >= 0.6 is 0 Å². The number of carboxylic acid groups (broad SMARTS) is 1. The van der Waals surface area contributed by atoms with E-state index in [1.807, 2.05) is 36.4 Å². The van der Waals surface area contributed by atoms with Gasteiger partial charge in [-0.3, -0.25) is 9.59 Å². The van der Waals surface area contributed by atoms with Crippen LogP contribution in [0, 0.1) is 0 Å². The molecule has 7 nitrogen and oxygen atoms in total. The zero-order valence-corrected chi connectivity index (χ0v) is 18.7. The number of alkyl carbamates (subject to hydrolysis) is 1. The third kappa shape index (κ3) is 5.46. The third-order valence-electron chi connectivity index (χ3n) is 5.79. The van der Waals surface area contributed by atoms with E-state index in [4.69, 9.17) is 9.84 Å². The second-order valence-electron chi connectivity index (χ2n) is 8.70. The first kappa shape index (κ1) is 23.3. The van der Waals surface area contributed by atoms with E-state index < -0.39 is 23.6 Å². The lowest BCUT2D eigenvalue weighted by Crippen LogP contribution is -2.53. The van der Waals surface area contributed by atoms with Crippen molar-refractivity contribution in [1.82, 2.24) is 10.6 Å². The molecular weight excluding hydrogens is 408 g/mol. The topological polar surface area (TPSA) is 105 Å². The monoisotopic (exact) mass is 438 g/mol. The summed E-state index contributed by atoms with van der Waals surface area (Å²) in [5, 5.41) is 14.3. The van der Waals surface area contributed by atoms with Crippen molar-refractivity contribution in [3.05, 3.63) is 59.7 Å². The molecule has 3 N–H and O–H groups in total. The average molecular weight is 439 g/mol. The maximum absolute atomic E-state index is 12.6. The van der Waals surface area contributed by atoms with Crippen molar-refractivity contribution in [3.63, 3.8) is 0 Å². The maximum Gasteiger partial charge on any atom is 0.407 e. The summed E-state index contributed by atoms with van der Waals surface area (Å²) < 4.78 is 5.52. The quantitative estimate of drug-likeness (QED) is 0.548. The maximum atomic E-state index is 12.6. The van der Waals surface area contributed by atoms with Crippen LogP contribution in [0.2, 0.25) is 0 Å². The number of aliphatic carboxylic acids is 1. The van der Waals surface area contributed by atoms with Gasteiger partial charge in [0.15, 0.2) is 0 Å². The van der Waals surface area contributed by atoms with E-state index >= 15 is 0 Å². The Kier molecular flexibility index (Phi) is 7.18. The molecule has 2 aromatic rings. The zero-order chi connectivity index (χ0) is 23.3. The second-order valence-corrected chi connectivity index (χ2v) is 8.70. The molecule has 0 spiro atoms. The SMILES string of the molecule is CC[C@@H](NC(=O)OCC1c2ccccc2-c2ccccc21)C(=O)NC(C)(C)CCC(=O)O. The number of fused-ring (bicyclic) bond motifs is 3. The minimum Gasteiger partial charge on any atom is -0.481 e. The van der Waals surface area contributed by atoms with Crippen molar-refractivity contribution >= 4 is 18.0 Å². The molecule has 2 amide bonds. The number of carbonyl (C=O) groups excluding carboxylic acids is 2. The Bertz CT molecular complexity index is 956. The van der Waals surface area contributed by atoms with Gasteiger partial charge in [0.05, 0.1) is 0 Å². The average Bonchev–Trinajstić information content (AvgIpc) is 3.08. The summed E-state index contributed by atoms with van der Waals surface area (Å²) >= 11 is 0. The molecule has 0 fully saturated rings. The summed E-state index contributed by atoms with van der Waals surface area (Å²) in [4.78, 5) is 35.9. The van der Waals surface area contributed by atoms with Crippen molar-refractivity contribution in [3.8, 4) is 11.1 Å². The van der Waals surface area contributed by atoms with Crippen LogP contribution in [0.25, 0.3) is 11.1 Å². The summed E-state index contributed by atoms with van der Waals surface area (Å²) in [5.41, 5.74) is 3.82. The standard InChI is InChI=1S/C25H30N2O5/c1-4-21(23(30)27-25(2,3)14-13-22(28)29)26-24(31)32-15-20-18-11-7-5-9-16(18)17-10-6-8-12-19(17)20/h5-12,20-21H,4,13-15H2,1-3H3,(H,26,31)(H,27,30)(H,28,29)/t21-/m1/s1. The largest absolute Gasteiger partial charge is 0.481 e. The smallest absolute Gasteiger partial charge is 0.407 e. The summed E-state index contributed by atoms with van der Waals surface area (Å²) in [6.45, 7) is 5.47. The predicted octanol–water partition coefficient (Wildman–Crippen LogP) is 4.06. The molecule has 0 radical (unpaired) electrons. The van der Waals surface area contributed by atoms with E-state index in [9.17, 15) is 14.4 Å². The first-order chi connectivity index (χ1) is 15.2. The summed E-state index contributed by atoms with van der Waals surface area (Å²) in [7, 11) is 0. The van der Waals surface area contributed by atoms with Crippen LogP contribution in [-0.4, -0.2) is 41.3 Å². The van der Waals surface area contributed by atoms with Gasteiger partial charge in [-0.1, -0.05) is 55.5 Å². The van der Waals surface area contributed by atoms with Gasteiger partial charge < -0.3 is 20.5 Å². The predicted molar refractivity (Wildman–Crippen MR) is 121 cm³/mol. The van der Waals surface area contributed by atoms with Crippen LogP contribution in [0.3, 0.4) is 0 Å². The summed E-state index contributed by atoms with van der Waals surface area (Å²) in [5.74, 6) is -1.34. The number of hydrogen-bond acceptors (Lipinski definition) is 4. The molecular formula is C25H30N2O5. The fourth-order valence-corrected chi connectivity index (χ4v) is 4.04. The number of carbonyl (C=O) groups is 3. The highest BCUT2D eigenvalue weighted by molar-refractivity contribution is 5.86. The Balaban J connectivity index is 1.59. The van der Waals surface area contributed by atoms with Crippen molar-refractivity contribution in [1.29, 1.82) is 0 Å². The van der Waals surface area contributed by atoms with Gasteiger partial charge in [0.2, 0.25) is 5.91 Å². The Morgan fingerprint density at radius 2 is 1.59 bits per heavy atom. The van der Waals surface area contributed by atoms with E-state index in [1.165, 1.54) is 0 Å². The Labute approximate surface area is 188 Å². The third-order valence-corrected chi connectivity index (χ3v) is 5.79. The zero-order valence-electron chi connectivity index (χ0n) is 18.7. The van der Waals surface area contributed by atoms with Crippen LogP contribution in [-0.2, 0) is 14.3 Å². The molecule has 0 heterocycles. The van der Waals surface area contributed by atoms with Crippen LogP contribution in [0.5, 0.6) is 0 Å². The molecule has 1 atom stereocenters. The molecule has 0 saturated heterocycles. The van der Waals surface area contributed by atoms with Crippen LogP contribution in [0.1, 0.15) is 57.1 Å². The highest BCUT2D eigenvalue weighted by Gasteiger charge is 2.30. The number of ether oxygens (including phenoxy) is 1. The van der Waals surface area contributed by atoms with Gasteiger partial charge in [-0.05, 0) is 48.9 Å². The van der Waals surface area contributed by atoms with Crippen molar-refractivity contribution in [2.45, 2.75) is 57.5 Å². The van der Waals surface area contributed by atoms with Gasteiger partial charge in [-0.25, -0.2) is 4.79 Å².